The van der Waals surface area contributed by atoms with Crippen LogP contribution in [0.2, 0.25) is 0 Å². The third-order valence-electron chi connectivity index (χ3n) is 7.02. The Morgan fingerprint density at radius 2 is 1.89 bits per heavy atom. The lowest BCUT2D eigenvalue weighted by Crippen LogP contribution is -2.44. The number of aromatic nitrogens is 3. The number of ether oxygens (including phenoxy) is 1. The molecule has 4 heterocycles. The van der Waals surface area contributed by atoms with Crippen molar-refractivity contribution in [1.29, 1.82) is 0 Å². The predicted molar refractivity (Wildman–Crippen MR) is 140 cm³/mol. The van der Waals surface area contributed by atoms with Gasteiger partial charge in [0.25, 0.3) is 11.5 Å². The summed E-state index contributed by atoms with van der Waals surface area (Å²) in [6, 6.07) is 11.8. The zero-order valence-corrected chi connectivity index (χ0v) is 21.4. The topological polar surface area (TPSA) is 113 Å². The van der Waals surface area contributed by atoms with Gasteiger partial charge < -0.3 is 25.0 Å². The van der Waals surface area contributed by atoms with Gasteiger partial charge in [-0.25, -0.2) is 9.97 Å². The number of piperazine rings is 1. The highest BCUT2D eigenvalue weighted by Crippen LogP contribution is 2.29. The van der Waals surface area contributed by atoms with Gasteiger partial charge in [0.2, 0.25) is 5.75 Å². The van der Waals surface area contributed by atoms with Gasteiger partial charge in [0.1, 0.15) is 17.2 Å². The summed E-state index contributed by atoms with van der Waals surface area (Å²) in [5.41, 5.74) is 1.08. The average molecular weight is 505 g/mol. The molecular weight excluding hydrogens is 472 g/mol. The zero-order chi connectivity index (χ0) is 26.2. The van der Waals surface area contributed by atoms with Gasteiger partial charge in [0.15, 0.2) is 5.69 Å². The molecule has 2 N–H and O–H groups in total. The largest absolute Gasteiger partial charge is 0.501 e. The lowest BCUT2D eigenvalue weighted by atomic mass is 10.00. The Morgan fingerprint density at radius 1 is 1.14 bits per heavy atom. The summed E-state index contributed by atoms with van der Waals surface area (Å²) in [7, 11) is 2.12. The zero-order valence-electron chi connectivity index (χ0n) is 21.4. The molecule has 5 rings (SSSR count). The predicted octanol–water partition coefficient (Wildman–Crippen LogP) is 1.96. The monoisotopic (exact) mass is 504 g/mol. The maximum Gasteiger partial charge on any atom is 0.296 e. The fourth-order valence-corrected chi connectivity index (χ4v) is 4.84. The van der Waals surface area contributed by atoms with Crippen molar-refractivity contribution in [2.75, 3.05) is 44.7 Å². The molecule has 1 fully saturated rings. The number of amides is 1. The van der Waals surface area contributed by atoms with Crippen molar-refractivity contribution in [1.82, 2.24) is 24.8 Å². The quantitative estimate of drug-likeness (QED) is 0.542. The van der Waals surface area contributed by atoms with E-state index in [0.717, 1.165) is 48.7 Å². The second-order valence-electron chi connectivity index (χ2n) is 9.98. The standard InChI is InChI=1S/C27H32N6O4/c1-27(2)26-30-22(23(34)25(36)33(26)14-15-37-27)24(35)29-17-19-6-4-5-7-20(19)18-8-9-28-21(16-18)32-12-10-31(3)11-13-32/h4-9,16,34H,10-15,17H2,1-3H3,(H,29,35). The molecule has 0 bridgehead atoms. The number of hydrogen-bond donors (Lipinski definition) is 2. The Hall–Kier alpha value is -3.76. The molecule has 3 aromatic rings. The van der Waals surface area contributed by atoms with E-state index in [1.165, 1.54) is 4.57 Å². The van der Waals surface area contributed by atoms with Gasteiger partial charge in [0.05, 0.1) is 13.2 Å². The first-order chi connectivity index (χ1) is 17.7. The third-order valence-corrected chi connectivity index (χ3v) is 7.02. The number of nitrogens with zero attached hydrogens (tertiary/aromatic N) is 5. The molecule has 10 nitrogen and oxygen atoms in total. The fourth-order valence-electron chi connectivity index (χ4n) is 4.84. The van der Waals surface area contributed by atoms with Gasteiger partial charge in [-0.3, -0.25) is 14.2 Å². The van der Waals surface area contributed by atoms with Crippen molar-refractivity contribution in [2.24, 2.45) is 0 Å². The summed E-state index contributed by atoms with van der Waals surface area (Å²) in [5.74, 6) is -0.0292. The molecule has 2 aliphatic rings. The van der Waals surface area contributed by atoms with E-state index < -0.39 is 22.8 Å². The molecular formula is C27H32N6O4. The molecule has 37 heavy (non-hydrogen) atoms. The van der Waals surface area contributed by atoms with E-state index in [1.54, 1.807) is 13.8 Å². The minimum absolute atomic E-state index is 0.195. The number of fused-ring (bicyclic) bond motifs is 1. The number of pyridine rings is 1. The van der Waals surface area contributed by atoms with Crippen molar-refractivity contribution < 1.29 is 14.6 Å². The molecule has 10 heteroatoms. The van der Waals surface area contributed by atoms with Gasteiger partial charge in [0, 0.05) is 38.9 Å². The summed E-state index contributed by atoms with van der Waals surface area (Å²) >= 11 is 0. The van der Waals surface area contributed by atoms with Crippen LogP contribution in [0.25, 0.3) is 11.1 Å². The number of carbonyl (C=O) groups excluding carboxylic acids is 1. The molecule has 0 spiro atoms. The Morgan fingerprint density at radius 3 is 2.68 bits per heavy atom. The molecule has 194 valence electrons. The highest BCUT2D eigenvalue weighted by molar-refractivity contribution is 5.94. The van der Waals surface area contributed by atoms with E-state index in [0.29, 0.717) is 12.4 Å². The van der Waals surface area contributed by atoms with Crippen LogP contribution in [0.15, 0.2) is 47.4 Å². The van der Waals surface area contributed by atoms with Crippen LogP contribution in [0, 0.1) is 0 Å². The number of aromatic hydroxyl groups is 1. The van der Waals surface area contributed by atoms with E-state index in [9.17, 15) is 14.7 Å². The van der Waals surface area contributed by atoms with Crippen LogP contribution in [0.1, 0.15) is 35.7 Å². The Labute approximate surface area is 215 Å². The summed E-state index contributed by atoms with van der Waals surface area (Å²) in [6.07, 6.45) is 1.81. The molecule has 0 atom stereocenters. The van der Waals surface area contributed by atoms with E-state index in [2.05, 4.69) is 38.2 Å². The molecule has 2 aliphatic heterocycles. The van der Waals surface area contributed by atoms with Crippen molar-refractivity contribution in [3.05, 3.63) is 70.0 Å². The van der Waals surface area contributed by atoms with Crippen molar-refractivity contribution in [2.45, 2.75) is 32.5 Å². The number of nitrogens with one attached hydrogen (secondary N) is 1. The third kappa shape index (κ3) is 4.94. The highest BCUT2D eigenvalue weighted by atomic mass is 16.5. The normalized spacial score (nSPS) is 17.3. The molecule has 1 aromatic carbocycles. The van der Waals surface area contributed by atoms with Crippen LogP contribution < -0.4 is 15.8 Å². The SMILES string of the molecule is CN1CCN(c2cc(-c3ccccc3CNC(=O)c3nc4n(c(=O)c3O)CCOC4(C)C)ccn2)CC1. The van der Waals surface area contributed by atoms with Crippen molar-refractivity contribution in [3.63, 3.8) is 0 Å². The van der Waals surface area contributed by atoms with Crippen LogP contribution in [0.3, 0.4) is 0 Å². The first-order valence-corrected chi connectivity index (χ1v) is 12.5. The molecule has 0 unspecified atom stereocenters. The molecule has 1 amide bonds. The van der Waals surface area contributed by atoms with Crippen LogP contribution in [-0.2, 0) is 23.4 Å². The molecule has 0 saturated carbocycles. The number of rotatable bonds is 5. The highest BCUT2D eigenvalue weighted by Gasteiger charge is 2.34. The fraction of sp³-hybridized carbons (Fsp3) is 0.407. The van der Waals surface area contributed by atoms with Gasteiger partial charge in [-0.2, -0.15) is 0 Å². The summed E-state index contributed by atoms with van der Waals surface area (Å²) in [6.45, 7) is 8.18. The maximum atomic E-state index is 13.1. The van der Waals surface area contributed by atoms with Crippen LogP contribution in [-0.4, -0.2) is 70.3 Å². The van der Waals surface area contributed by atoms with Crippen LogP contribution in [0.5, 0.6) is 5.75 Å². The second-order valence-corrected chi connectivity index (χ2v) is 9.98. The molecule has 0 aliphatic carbocycles. The number of likely N-dealkylation sites (N-methyl/N-ethyl adjacent to an activating group) is 1. The second kappa shape index (κ2) is 9.95. The van der Waals surface area contributed by atoms with Crippen molar-refractivity contribution in [3.8, 4) is 16.9 Å². The molecule has 1 saturated heterocycles. The van der Waals surface area contributed by atoms with E-state index >= 15 is 0 Å². The minimum Gasteiger partial charge on any atom is -0.501 e. The lowest BCUT2D eigenvalue weighted by molar-refractivity contribution is -0.0566. The maximum absolute atomic E-state index is 13.1. The van der Waals surface area contributed by atoms with Gasteiger partial charge in [-0.1, -0.05) is 24.3 Å². The van der Waals surface area contributed by atoms with Gasteiger partial charge >= 0.3 is 0 Å². The van der Waals surface area contributed by atoms with Gasteiger partial charge in [-0.05, 0) is 49.7 Å². The summed E-state index contributed by atoms with van der Waals surface area (Å²) in [5, 5.41) is 13.3. The Kier molecular flexibility index (Phi) is 6.70. The van der Waals surface area contributed by atoms with Gasteiger partial charge in [-0.15, -0.1) is 0 Å². The Balaban J connectivity index is 1.38. The smallest absolute Gasteiger partial charge is 0.296 e. The molecule has 2 aromatic heterocycles. The Bertz CT molecular complexity index is 1380. The number of anilines is 1. The van der Waals surface area contributed by atoms with E-state index in [1.807, 2.05) is 36.5 Å². The average Bonchev–Trinajstić information content (AvgIpc) is 2.90. The number of carbonyl (C=O) groups is 1. The summed E-state index contributed by atoms with van der Waals surface area (Å²) in [4.78, 5) is 39.3. The summed E-state index contributed by atoms with van der Waals surface area (Å²) < 4.78 is 7.09. The molecule has 0 radical (unpaired) electrons. The number of hydrogen-bond acceptors (Lipinski definition) is 8. The van der Waals surface area contributed by atoms with Crippen LogP contribution in [0.4, 0.5) is 5.82 Å². The van der Waals surface area contributed by atoms with E-state index in [4.69, 9.17) is 4.74 Å². The minimum atomic E-state index is -0.852. The first kappa shape index (κ1) is 24.9. The van der Waals surface area contributed by atoms with E-state index in [-0.39, 0.29) is 18.8 Å². The lowest BCUT2D eigenvalue weighted by Gasteiger charge is -2.33. The number of benzene rings is 1. The van der Waals surface area contributed by atoms with Crippen molar-refractivity contribution >= 4 is 11.7 Å². The van der Waals surface area contributed by atoms with Crippen LogP contribution >= 0.6 is 0 Å². The first-order valence-electron chi connectivity index (χ1n) is 12.5.